The highest BCUT2D eigenvalue weighted by molar-refractivity contribution is 6.03. The second kappa shape index (κ2) is 2.82. The Morgan fingerprint density at radius 1 is 1.43 bits per heavy atom. The SMILES string of the molecule is CC1CC2=C(C=C3CCCC3[CH]2)C1=O. The van der Waals surface area contributed by atoms with E-state index in [2.05, 4.69) is 12.5 Å². The third kappa shape index (κ3) is 1.05. The van der Waals surface area contributed by atoms with Crippen molar-refractivity contribution in [2.75, 3.05) is 0 Å². The molecule has 1 nitrogen and oxygen atoms in total. The molecule has 0 saturated heterocycles. The van der Waals surface area contributed by atoms with Gasteiger partial charge in [0.2, 0.25) is 0 Å². The number of hydrogen-bond donors (Lipinski definition) is 0. The number of allylic oxidation sites excluding steroid dienone is 4. The predicted molar refractivity (Wildman–Crippen MR) is 55.5 cm³/mol. The summed E-state index contributed by atoms with van der Waals surface area (Å²) >= 11 is 0. The summed E-state index contributed by atoms with van der Waals surface area (Å²) in [6, 6.07) is 0. The van der Waals surface area contributed by atoms with Crippen LogP contribution in [0.2, 0.25) is 0 Å². The molecule has 0 spiro atoms. The van der Waals surface area contributed by atoms with Crippen molar-refractivity contribution in [2.45, 2.75) is 32.6 Å². The van der Waals surface area contributed by atoms with Crippen LogP contribution in [-0.2, 0) is 4.79 Å². The number of rotatable bonds is 0. The molecule has 0 heterocycles. The molecule has 0 N–H and O–H groups in total. The van der Waals surface area contributed by atoms with Gasteiger partial charge in [0.25, 0.3) is 0 Å². The van der Waals surface area contributed by atoms with E-state index in [1.165, 1.54) is 30.4 Å². The Balaban J connectivity index is 1.99. The Hall–Kier alpha value is -0.850. The summed E-state index contributed by atoms with van der Waals surface area (Å²) in [6.07, 6.45) is 9.34. The minimum Gasteiger partial charge on any atom is -0.294 e. The highest BCUT2D eigenvalue weighted by Gasteiger charge is 2.35. The van der Waals surface area contributed by atoms with E-state index >= 15 is 0 Å². The first kappa shape index (κ1) is 8.46. The van der Waals surface area contributed by atoms with Crippen LogP contribution in [0.4, 0.5) is 0 Å². The van der Waals surface area contributed by atoms with Crippen LogP contribution in [0.15, 0.2) is 22.8 Å². The molecular weight excluding hydrogens is 172 g/mol. The van der Waals surface area contributed by atoms with Crippen LogP contribution >= 0.6 is 0 Å². The van der Waals surface area contributed by atoms with Gasteiger partial charge in [0.15, 0.2) is 5.78 Å². The fourth-order valence-electron chi connectivity index (χ4n) is 2.97. The Bertz CT molecular complexity index is 359. The summed E-state index contributed by atoms with van der Waals surface area (Å²) in [6.45, 7) is 2.04. The zero-order chi connectivity index (χ0) is 9.71. The maximum Gasteiger partial charge on any atom is 0.165 e. The van der Waals surface area contributed by atoms with Gasteiger partial charge < -0.3 is 0 Å². The molecule has 2 atom stereocenters. The van der Waals surface area contributed by atoms with Crippen molar-refractivity contribution in [3.63, 3.8) is 0 Å². The lowest BCUT2D eigenvalue weighted by Crippen LogP contribution is -2.08. The zero-order valence-corrected chi connectivity index (χ0v) is 8.55. The molecule has 1 fully saturated rings. The average Bonchev–Trinajstić information content (AvgIpc) is 2.70. The van der Waals surface area contributed by atoms with Gasteiger partial charge in [-0.1, -0.05) is 24.1 Å². The van der Waals surface area contributed by atoms with E-state index in [4.69, 9.17) is 0 Å². The highest BCUT2D eigenvalue weighted by Crippen LogP contribution is 2.44. The fourth-order valence-corrected chi connectivity index (χ4v) is 2.97. The lowest BCUT2D eigenvalue weighted by atomic mass is 9.86. The first-order chi connectivity index (χ1) is 6.75. The van der Waals surface area contributed by atoms with E-state index in [-0.39, 0.29) is 5.92 Å². The molecule has 0 aromatic carbocycles. The quantitative estimate of drug-likeness (QED) is 0.570. The van der Waals surface area contributed by atoms with Crippen molar-refractivity contribution in [3.05, 3.63) is 29.2 Å². The number of carbonyl (C=O) groups is 1. The summed E-state index contributed by atoms with van der Waals surface area (Å²) in [5.74, 6) is 1.27. The number of carbonyl (C=O) groups excluding carboxylic acids is 1. The Kier molecular flexibility index (Phi) is 1.70. The maximum absolute atomic E-state index is 11.8. The summed E-state index contributed by atoms with van der Waals surface area (Å²) in [7, 11) is 0. The van der Waals surface area contributed by atoms with E-state index in [9.17, 15) is 4.79 Å². The molecule has 2 unspecified atom stereocenters. The number of ketones is 1. The van der Waals surface area contributed by atoms with Gasteiger partial charge in [-0.25, -0.2) is 0 Å². The van der Waals surface area contributed by atoms with Gasteiger partial charge in [-0.2, -0.15) is 0 Å². The molecule has 1 heteroatoms. The molecular formula is C13H15O. The van der Waals surface area contributed by atoms with Gasteiger partial charge in [-0.15, -0.1) is 0 Å². The van der Waals surface area contributed by atoms with Gasteiger partial charge >= 0.3 is 0 Å². The van der Waals surface area contributed by atoms with Crippen LogP contribution in [0.25, 0.3) is 0 Å². The Morgan fingerprint density at radius 2 is 2.29 bits per heavy atom. The van der Waals surface area contributed by atoms with Gasteiger partial charge in [0.05, 0.1) is 0 Å². The molecule has 0 amide bonds. The van der Waals surface area contributed by atoms with E-state index in [1.807, 2.05) is 6.92 Å². The van der Waals surface area contributed by atoms with E-state index in [0.717, 1.165) is 12.0 Å². The Morgan fingerprint density at radius 3 is 3.14 bits per heavy atom. The van der Waals surface area contributed by atoms with Crippen molar-refractivity contribution < 1.29 is 4.79 Å². The average molecular weight is 187 g/mol. The van der Waals surface area contributed by atoms with E-state index < -0.39 is 0 Å². The van der Waals surface area contributed by atoms with Crippen molar-refractivity contribution in [1.82, 2.24) is 0 Å². The molecule has 73 valence electrons. The van der Waals surface area contributed by atoms with Crippen molar-refractivity contribution in [3.8, 4) is 0 Å². The zero-order valence-electron chi connectivity index (χ0n) is 8.55. The van der Waals surface area contributed by atoms with Crippen LogP contribution in [0, 0.1) is 18.3 Å². The first-order valence-corrected chi connectivity index (χ1v) is 5.58. The second-order valence-corrected chi connectivity index (χ2v) is 4.79. The molecule has 0 aliphatic heterocycles. The minimum atomic E-state index is 0.229. The number of hydrogen-bond acceptors (Lipinski definition) is 1. The third-order valence-corrected chi connectivity index (χ3v) is 3.77. The summed E-state index contributed by atoms with van der Waals surface area (Å²) < 4.78 is 0. The molecule has 14 heavy (non-hydrogen) atoms. The fraction of sp³-hybridized carbons (Fsp3) is 0.538. The van der Waals surface area contributed by atoms with Gasteiger partial charge in [-0.3, -0.25) is 4.79 Å². The molecule has 0 bridgehead atoms. The maximum atomic E-state index is 11.8. The lowest BCUT2D eigenvalue weighted by molar-refractivity contribution is -0.117. The van der Waals surface area contributed by atoms with Gasteiger partial charge in [0.1, 0.15) is 0 Å². The summed E-state index contributed by atoms with van der Waals surface area (Å²) in [4.78, 5) is 11.8. The molecule has 1 radical (unpaired) electrons. The monoisotopic (exact) mass is 187 g/mol. The van der Waals surface area contributed by atoms with Crippen LogP contribution in [-0.4, -0.2) is 5.78 Å². The van der Waals surface area contributed by atoms with Crippen molar-refractivity contribution in [1.29, 1.82) is 0 Å². The molecule has 0 aromatic heterocycles. The third-order valence-electron chi connectivity index (χ3n) is 3.77. The molecule has 3 aliphatic carbocycles. The van der Waals surface area contributed by atoms with Crippen LogP contribution in [0.3, 0.4) is 0 Å². The first-order valence-electron chi connectivity index (χ1n) is 5.58. The smallest absolute Gasteiger partial charge is 0.165 e. The van der Waals surface area contributed by atoms with Crippen molar-refractivity contribution >= 4 is 5.78 Å². The van der Waals surface area contributed by atoms with Crippen LogP contribution < -0.4 is 0 Å². The Labute approximate surface area is 84.9 Å². The van der Waals surface area contributed by atoms with Crippen molar-refractivity contribution in [2.24, 2.45) is 11.8 Å². The van der Waals surface area contributed by atoms with Gasteiger partial charge in [0, 0.05) is 11.5 Å². The summed E-state index contributed by atoms with van der Waals surface area (Å²) in [5.41, 5.74) is 3.87. The summed E-state index contributed by atoms with van der Waals surface area (Å²) in [5, 5.41) is 0. The predicted octanol–water partition coefficient (Wildman–Crippen LogP) is 2.84. The molecule has 3 rings (SSSR count). The van der Waals surface area contributed by atoms with Crippen LogP contribution in [0.5, 0.6) is 0 Å². The normalized spacial score (nSPS) is 35.8. The second-order valence-electron chi connectivity index (χ2n) is 4.79. The molecule has 0 aromatic rings. The largest absolute Gasteiger partial charge is 0.294 e. The van der Waals surface area contributed by atoms with Gasteiger partial charge in [-0.05, 0) is 38.0 Å². The highest BCUT2D eigenvalue weighted by atomic mass is 16.1. The standard InChI is InChI=1S/C13H15O/c1-8-5-11-6-9-3-2-4-10(9)7-12(11)13(8)14/h6-9H,2-5H2,1H3. The number of Topliss-reactive ketones (excluding diaryl/α,β-unsaturated/α-hetero) is 1. The molecule has 3 aliphatic rings. The topological polar surface area (TPSA) is 17.1 Å². The van der Waals surface area contributed by atoms with Crippen LogP contribution in [0.1, 0.15) is 32.6 Å². The number of fused-ring (bicyclic) bond motifs is 1. The van der Waals surface area contributed by atoms with E-state index in [0.29, 0.717) is 11.7 Å². The van der Waals surface area contributed by atoms with E-state index in [1.54, 1.807) is 0 Å². The minimum absolute atomic E-state index is 0.229. The molecule has 1 saturated carbocycles. The lowest BCUT2D eigenvalue weighted by Gasteiger charge is -2.18.